The van der Waals surface area contributed by atoms with Crippen LogP contribution in [0.1, 0.15) is 27.7 Å². The van der Waals surface area contributed by atoms with Gasteiger partial charge in [0.2, 0.25) is 0 Å². The summed E-state index contributed by atoms with van der Waals surface area (Å²) in [5, 5.41) is 1.97. The average molecular weight is 356 g/mol. The molecule has 5 heteroatoms. The molecule has 2 saturated heterocycles. The molecule has 0 saturated carbocycles. The van der Waals surface area contributed by atoms with Gasteiger partial charge in [-0.25, -0.2) is 0 Å². The van der Waals surface area contributed by atoms with E-state index >= 15 is 0 Å². The number of hydrogen-bond acceptors (Lipinski definition) is 4. The maximum Gasteiger partial charge on any atom is 0.263 e. The second kappa shape index (κ2) is 7.28. The number of carbonyl (C=O) groups excluding carboxylic acids is 1. The first-order chi connectivity index (χ1) is 12.2. The average Bonchev–Trinajstić information content (AvgIpc) is 3.35. The molecule has 3 heterocycles. The number of benzene rings is 1. The Morgan fingerprint density at radius 2 is 1.80 bits per heavy atom. The maximum atomic E-state index is 12.5. The van der Waals surface area contributed by atoms with E-state index in [1.807, 2.05) is 28.5 Å². The number of nitrogens with two attached hydrogens (primary N) is 1. The van der Waals surface area contributed by atoms with Crippen LogP contribution in [-0.4, -0.2) is 48.4 Å². The van der Waals surface area contributed by atoms with Gasteiger partial charge in [-0.3, -0.25) is 4.79 Å². The molecule has 4 nitrogen and oxygen atoms in total. The Morgan fingerprint density at radius 1 is 1.08 bits per heavy atom. The van der Waals surface area contributed by atoms with Crippen LogP contribution in [0.3, 0.4) is 0 Å². The Labute approximate surface area is 153 Å². The van der Waals surface area contributed by atoms with Crippen LogP contribution >= 0.6 is 11.3 Å². The van der Waals surface area contributed by atoms with Crippen LogP contribution < -0.4 is 5.73 Å². The number of thiophene rings is 1. The van der Waals surface area contributed by atoms with E-state index in [-0.39, 0.29) is 11.9 Å². The third kappa shape index (κ3) is 3.64. The highest BCUT2D eigenvalue weighted by Gasteiger charge is 2.41. The van der Waals surface area contributed by atoms with Crippen molar-refractivity contribution in [2.75, 3.05) is 32.7 Å². The number of likely N-dealkylation sites (tertiary alicyclic amines) is 2. The highest BCUT2D eigenvalue weighted by molar-refractivity contribution is 7.12. The topological polar surface area (TPSA) is 49.6 Å². The van der Waals surface area contributed by atoms with Crippen molar-refractivity contribution in [3.05, 3.63) is 58.3 Å². The molecule has 1 amide bonds. The van der Waals surface area contributed by atoms with Gasteiger partial charge in [-0.2, -0.15) is 0 Å². The van der Waals surface area contributed by atoms with Crippen molar-refractivity contribution in [2.45, 2.75) is 12.5 Å². The Morgan fingerprint density at radius 3 is 2.44 bits per heavy atom. The summed E-state index contributed by atoms with van der Waals surface area (Å²) in [4.78, 5) is 17.9. The third-order valence-electron chi connectivity index (χ3n) is 5.57. The molecule has 4 rings (SSSR count). The first-order valence-electron chi connectivity index (χ1n) is 9.06. The molecule has 1 aromatic heterocycles. The van der Waals surface area contributed by atoms with Gasteiger partial charge in [0.15, 0.2) is 0 Å². The molecule has 2 fully saturated rings. The minimum absolute atomic E-state index is 0.110. The summed E-state index contributed by atoms with van der Waals surface area (Å²) in [6.45, 7) is 5.05. The highest BCUT2D eigenvalue weighted by atomic mass is 32.1. The molecule has 1 aromatic carbocycles. The predicted octanol–water partition coefficient (Wildman–Crippen LogP) is 2.84. The standard InChI is InChI=1S/C20H25N3OS/c21-18(15-5-2-1-3-6-15)8-9-22-11-16-13-23(14-17(16)12-22)20(24)19-7-4-10-25-19/h1-7,10,16-18H,8-9,11-14,21H2/t16?,17?,18-/m0/s1. The van der Waals surface area contributed by atoms with Crippen LogP contribution in [-0.2, 0) is 0 Å². The van der Waals surface area contributed by atoms with Gasteiger partial charge in [0.1, 0.15) is 0 Å². The van der Waals surface area contributed by atoms with Crippen molar-refractivity contribution in [2.24, 2.45) is 17.6 Å². The molecule has 0 bridgehead atoms. The van der Waals surface area contributed by atoms with E-state index in [2.05, 4.69) is 29.2 Å². The molecule has 2 N–H and O–H groups in total. The molecule has 132 valence electrons. The Kier molecular flexibility index (Phi) is 4.88. The summed E-state index contributed by atoms with van der Waals surface area (Å²) in [5.74, 6) is 1.45. The first kappa shape index (κ1) is 16.8. The van der Waals surface area contributed by atoms with Crippen LogP contribution in [0.15, 0.2) is 47.8 Å². The summed E-state index contributed by atoms with van der Waals surface area (Å²) in [6.07, 6.45) is 0.987. The van der Waals surface area contributed by atoms with Crippen LogP contribution in [0.2, 0.25) is 0 Å². The lowest BCUT2D eigenvalue weighted by Gasteiger charge is -2.22. The third-order valence-corrected chi connectivity index (χ3v) is 6.42. The number of hydrogen-bond donors (Lipinski definition) is 1. The molecular weight excluding hydrogens is 330 g/mol. The minimum Gasteiger partial charge on any atom is -0.337 e. The summed E-state index contributed by atoms with van der Waals surface area (Å²) in [5.41, 5.74) is 7.54. The van der Waals surface area contributed by atoms with Crippen molar-refractivity contribution in [1.82, 2.24) is 9.80 Å². The molecule has 3 atom stereocenters. The van der Waals surface area contributed by atoms with Crippen molar-refractivity contribution in [3.63, 3.8) is 0 Å². The van der Waals surface area contributed by atoms with E-state index in [4.69, 9.17) is 5.73 Å². The fraction of sp³-hybridized carbons (Fsp3) is 0.450. The van der Waals surface area contributed by atoms with E-state index in [1.54, 1.807) is 11.3 Å². The van der Waals surface area contributed by atoms with Crippen molar-refractivity contribution in [3.8, 4) is 0 Å². The number of carbonyl (C=O) groups is 1. The quantitative estimate of drug-likeness (QED) is 0.897. The smallest absolute Gasteiger partial charge is 0.263 e. The van der Waals surface area contributed by atoms with E-state index in [1.165, 1.54) is 5.56 Å². The maximum absolute atomic E-state index is 12.5. The zero-order valence-corrected chi connectivity index (χ0v) is 15.2. The lowest BCUT2D eigenvalue weighted by molar-refractivity contribution is 0.0778. The summed E-state index contributed by atoms with van der Waals surface area (Å²) in [7, 11) is 0. The monoisotopic (exact) mass is 355 g/mol. The number of fused-ring (bicyclic) bond motifs is 1. The Balaban J connectivity index is 1.26. The summed E-state index contributed by atoms with van der Waals surface area (Å²) < 4.78 is 0. The van der Waals surface area contributed by atoms with Gasteiger partial charge >= 0.3 is 0 Å². The van der Waals surface area contributed by atoms with Gasteiger partial charge in [0.05, 0.1) is 4.88 Å². The van der Waals surface area contributed by atoms with Gasteiger partial charge in [0, 0.05) is 32.2 Å². The predicted molar refractivity (Wildman–Crippen MR) is 102 cm³/mol. The zero-order chi connectivity index (χ0) is 17.2. The van der Waals surface area contributed by atoms with E-state index in [0.717, 1.165) is 44.0 Å². The minimum atomic E-state index is 0.110. The molecule has 0 aliphatic carbocycles. The zero-order valence-electron chi connectivity index (χ0n) is 14.4. The molecule has 2 aliphatic heterocycles. The van der Waals surface area contributed by atoms with Crippen LogP contribution in [0.25, 0.3) is 0 Å². The highest BCUT2D eigenvalue weighted by Crippen LogP contribution is 2.32. The number of nitrogens with zero attached hydrogens (tertiary/aromatic N) is 2. The molecule has 2 unspecified atom stereocenters. The molecule has 25 heavy (non-hydrogen) atoms. The molecule has 2 aromatic rings. The number of amides is 1. The molecule has 0 radical (unpaired) electrons. The normalized spacial score (nSPS) is 24.4. The Bertz CT molecular complexity index is 689. The first-order valence-corrected chi connectivity index (χ1v) is 9.94. The van der Waals surface area contributed by atoms with Gasteiger partial charge in [-0.05, 0) is 41.8 Å². The van der Waals surface area contributed by atoms with Gasteiger partial charge in [0.25, 0.3) is 5.91 Å². The van der Waals surface area contributed by atoms with E-state index < -0.39 is 0 Å². The lowest BCUT2D eigenvalue weighted by atomic mass is 10.0. The van der Waals surface area contributed by atoms with Crippen molar-refractivity contribution in [1.29, 1.82) is 0 Å². The molecular formula is C20H25N3OS. The van der Waals surface area contributed by atoms with Crippen molar-refractivity contribution >= 4 is 17.2 Å². The fourth-order valence-electron chi connectivity index (χ4n) is 4.18. The lowest BCUT2D eigenvalue weighted by Crippen LogP contribution is -2.33. The van der Waals surface area contributed by atoms with Crippen LogP contribution in [0, 0.1) is 11.8 Å². The molecule has 2 aliphatic rings. The van der Waals surface area contributed by atoms with Gasteiger partial charge < -0.3 is 15.5 Å². The summed E-state index contributed by atoms with van der Waals surface area (Å²) in [6, 6.07) is 14.3. The fourth-order valence-corrected chi connectivity index (χ4v) is 4.87. The molecule has 0 spiro atoms. The van der Waals surface area contributed by atoms with E-state index in [9.17, 15) is 4.79 Å². The van der Waals surface area contributed by atoms with Gasteiger partial charge in [-0.15, -0.1) is 11.3 Å². The van der Waals surface area contributed by atoms with Crippen LogP contribution in [0.5, 0.6) is 0 Å². The number of rotatable bonds is 5. The largest absolute Gasteiger partial charge is 0.337 e. The summed E-state index contributed by atoms with van der Waals surface area (Å²) >= 11 is 1.54. The Hall–Kier alpha value is -1.69. The second-order valence-corrected chi connectivity index (χ2v) is 8.22. The SMILES string of the molecule is N[C@@H](CCN1CC2CN(C(=O)c3cccs3)CC2C1)c1ccccc1. The second-order valence-electron chi connectivity index (χ2n) is 7.27. The van der Waals surface area contributed by atoms with Crippen molar-refractivity contribution < 1.29 is 4.79 Å². The van der Waals surface area contributed by atoms with Gasteiger partial charge in [-0.1, -0.05) is 36.4 Å². The van der Waals surface area contributed by atoms with Crippen LogP contribution in [0.4, 0.5) is 0 Å². The van der Waals surface area contributed by atoms with E-state index in [0.29, 0.717) is 11.8 Å².